The van der Waals surface area contributed by atoms with Crippen molar-refractivity contribution in [2.24, 2.45) is 0 Å². The molecule has 13 heteroatoms. The Morgan fingerprint density at radius 2 is 1.67 bits per heavy atom. The van der Waals surface area contributed by atoms with Crippen molar-refractivity contribution in [1.29, 1.82) is 0 Å². The summed E-state index contributed by atoms with van der Waals surface area (Å²) in [5, 5.41) is 3.19. The molecular formula is C26H32F3N9O. The Labute approximate surface area is 225 Å². The highest BCUT2D eigenvalue weighted by atomic mass is 19.4. The first-order valence-corrected chi connectivity index (χ1v) is 12.9. The lowest BCUT2D eigenvalue weighted by Crippen LogP contribution is -2.49. The first-order chi connectivity index (χ1) is 18.7. The number of halogens is 3. The highest BCUT2D eigenvalue weighted by molar-refractivity contribution is 5.71. The summed E-state index contributed by atoms with van der Waals surface area (Å²) in [4.78, 5) is 24.2. The number of piperazine rings is 1. The van der Waals surface area contributed by atoms with Crippen molar-refractivity contribution in [3.05, 3.63) is 42.2 Å². The van der Waals surface area contributed by atoms with Gasteiger partial charge in [0.1, 0.15) is 17.5 Å². The summed E-state index contributed by atoms with van der Waals surface area (Å²) in [6.45, 7) is 10.1. The van der Waals surface area contributed by atoms with E-state index in [1.807, 2.05) is 17.0 Å². The Kier molecular flexibility index (Phi) is 7.71. The van der Waals surface area contributed by atoms with Crippen molar-refractivity contribution >= 4 is 29.1 Å². The molecule has 10 nitrogen and oxygen atoms in total. The van der Waals surface area contributed by atoms with Gasteiger partial charge in [-0.2, -0.15) is 18.2 Å². The van der Waals surface area contributed by atoms with Crippen LogP contribution in [-0.2, 0) is 10.9 Å². The number of hydrogen-bond donors (Lipinski definition) is 2. The number of nitrogens with zero attached hydrogens (tertiary/aromatic N) is 7. The molecule has 5 rings (SSSR count). The van der Waals surface area contributed by atoms with Crippen LogP contribution in [0.2, 0.25) is 0 Å². The minimum Gasteiger partial charge on any atom is -0.384 e. The smallest absolute Gasteiger partial charge is 0.384 e. The normalized spacial score (nSPS) is 17.1. The maximum Gasteiger partial charge on any atom is 0.417 e. The van der Waals surface area contributed by atoms with Gasteiger partial charge in [0.2, 0.25) is 5.95 Å². The molecule has 0 aromatic carbocycles. The van der Waals surface area contributed by atoms with Gasteiger partial charge in [0, 0.05) is 63.1 Å². The lowest BCUT2D eigenvalue weighted by molar-refractivity contribution is -0.137. The van der Waals surface area contributed by atoms with Crippen LogP contribution in [0.15, 0.2) is 36.7 Å². The quantitative estimate of drug-likeness (QED) is 0.478. The minimum absolute atomic E-state index is 0.0846. The van der Waals surface area contributed by atoms with Gasteiger partial charge in [-0.3, -0.25) is 4.90 Å². The van der Waals surface area contributed by atoms with Gasteiger partial charge in [0.15, 0.2) is 0 Å². The number of rotatable bonds is 6. The number of nitrogens with one attached hydrogen (secondary N) is 1. The van der Waals surface area contributed by atoms with Gasteiger partial charge < -0.3 is 25.6 Å². The van der Waals surface area contributed by atoms with Crippen LogP contribution in [0.3, 0.4) is 0 Å². The molecule has 0 unspecified atom stereocenters. The second-order valence-electron chi connectivity index (χ2n) is 9.84. The van der Waals surface area contributed by atoms with Gasteiger partial charge in [-0.05, 0) is 32.0 Å². The highest BCUT2D eigenvalue weighted by Gasteiger charge is 2.35. The Morgan fingerprint density at radius 1 is 0.923 bits per heavy atom. The van der Waals surface area contributed by atoms with Gasteiger partial charge in [-0.15, -0.1) is 0 Å². The number of ether oxygens (including phenoxy) is 1. The van der Waals surface area contributed by atoms with Crippen molar-refractivity contribution in [3.8, 4) is 11.3 Å². The van der Waals surface area contributed by atoms with Gasteiger partial charge in [0.05, 0.1) is 36.4 Å². The Morgan fingerprint density at radius 3 is 2.31 bits per heavy atom. The van der Waals surface area contributed by atoms with Crippen molar-refractivity contribution in [3.63, 3.8) is 0 Å². The Hall–Kier alpha value is -3.71. The molecule has 0 radical (unpaired) electrons. The second kappa shape index (κ2) is 11.2. The minimum atomic E-state index is -4.63. The highest BCUT2D eigenvalue weighted by Crippen LogP contribution is 2.38. The van der Waals surface area contributed by atoms with E-state index >= 15 is 0 Å². The molecule has 5 heterocycles. The zero-order valence-corrected chi connectivity index (χ0v) is 21.9. The lowest BCUT2D eigenvalue weighted by Gasteiger charge is -2.37. The summed E-state index contributed by atoms with van der Waals surface area (Å²) in [5.41, 5.74) is 5.24. The number of morpholine rings is 1. The largest absolute Gasteiger partial charge is 0.417 e. The molecule has 3 N–H and O–H groups in total. The molecule has 39 heavy (non-hydrogen) atoms. The molecule has 0 saturated carbocycles. The molecule has 3 aromatic rings. The summed E-state index contributed by atoms with van der Waals surface area (Å²) in [6.07, 6.45) is -1.83. The fraction of sp³-hybridized carbons (Fsp3) is 0.462. The number of hydrogen-bond acceptors (Lipinski definition) is 10. The first kappa shape index (κ1) is 26.9. The Bertz CT molecular complexity index is 1270. The summed E-state index contributed by atoms with van der Waals surface area (Å²) < 4.78 is 47.1. The molecule has 0 aliphatic carbocycles. The number of nitrogens with two attached hydrogens (primary N) is 1. The number of aromatic nitrogens is 4. The standard InChI is InChI=1S/C26H32F3N9O/c1-17(2)36-5-7-37(8-6-36)24-4-3-18(15-32-24)33-23-14-21(34-25(35-23)38-9-11-39-12-10-38)19-16-31-22(30)13-20(19)26(27,28)29/h3-4,13-17H,5-12H2,1-2H3,(H2,30,31)(H,33,34,35). The summed E-state index contributed by atoms with van der Waals surface area (Å²) in [7, 11) is 0. The van der Waals surface area contributed by atoms with Crippen LogP contribution in [0.1, 0.15) is 19.4 Å². The summed E-state index contributed by atoms with van der Waals surface area (Å²) in [5.74, 6) is 1.30. The van der Waals surface area contributed by atoms with Gasteiger partial charge >= 0.3 is 6.18 Å². The van der Waals surface area contributed by atoms with E-state index < -0.39 is 11.7 Å². The van der Waals surface area contributed by atoms with Gasteiger partial charge in [-0.1, -0.05) is 0 Å². The van der Waals surface area contributed by atoms with Crippen LogP contribution < -0.4 is 20.9 Å². The molecule has 0 atom stereocenters. The number of alkyl halides is 3. The van der Waals surface area contributed by atoms with Crippen LogP contribution in [0.5, 0.6) is 0 Å². The third-order valence-corrected chi connectivity index (χ3v) is 6.90. The van der Waals surface area contributed by atoms with E-state index in [0.29, 0.717) is 49.8 Å². The van der Waals surface area contributed by atoms with E-state index in [1.54, 1.807) is 6.20 Å². The van der Waals surface area contributed by atoms with Crippen LogP contribution in [-0.4, -0.2) is 83.4 Å². The maximum absolute atomic E-state index is 13.9. The van der Waals surface area contributed by atoms with E-state index in [0.717, 1.165) is 44.3 Å². The molecule has 2 saturated heterocycles. The fourth-order valence-corrected chi connectivity index (χ4v) is 4.71. The fourth-order valence-electron chi connectivity index (χ4n) is 4.71. The van der Waals surface area contributed by atoms with E-state index in [1.165, 1.54) is 6.07 Å². The summed E-state index contributed by atoms with van der Waals surface area (Å²) >= 11 is 0. The van der Waals surface area contributed by atoms with Crippen LogP contribution in [0.4, 0.5) is 42.3 Å². The van der Waals surface area contributed by atoms with Crippen molar-refractivity contribution in [1.82, 2.24) is 24.8 Å². The van der Waals surface area contributed by atoms with E-state index in [2.05, 4.69) is 48.9 Å². The lowest BCUT2D eigenvalue weighted by atomic mass is 10.1. The van der Waals surface area contributed by atoms with Gasteiger partial charge in [-0.25, -0.2) is 15.0 Å². The van der Waals surface area contributed by atoms with Crippen molar-refractivity contribution in [2.45, 2.75) is 26.1 Å². The second-order valence-corrected chi connectivity index (χ2v) is 9.84. The van der Waals surface area contributed by atoms with E-state index in [-0.39, 0.29) is 17.1 Å². The molecule has 208 valence electrons. The predicted octanol–water partition coefficient (Wildman–Crippen LogP) is 3.65. The molecule has 2 aliphatic heterocycles. The maximum atomic E-state index is 13.9. The molecule has 2 fully saturated rings. The van der Waals surface area contributed by atoms with Crippen molar-refractivity contribution < 1.29 is 17.9 Å². The van der Waals surface area contributed by atoms with Gasteiger partial charge in [0.25, 0.3) is 0 Å². The predicted molar refractivity (Wildman–Crippen MR) is 144 cm³/mol. The Balaban J connectivity index is 1.43. The van der Waals surface area contributed by atoms with Crippen LogP contribution in [0, 0.1) is 0 Å². The molecule has 0 bridgehead atoms. The van der Waals surface area contributed by atoms with Crippen LogP contribution in [0.25, 0.3) is 11.3 Å². The zero-order chi connectivity index (χ0) is 27.6. The van der Waals surface area contributed by atoms with E-state index in [4.69, 9.17) is 10.5 Å². The number of pyridine rings is 2. The third-order valence-electron chi connectivity index (χ3n) is 6.90. The number of nitrogen functional groups attached to an aromatic ring is 1. The average molecular weight is 544 g/mol. The molecule has 0 amide bonds. The van der Waals surface area contributed by atoms with E-state index in [9.17, 15) is 13.2 Å². The number of anilines is 5. The van der Waals surface area contributed by atoms with Crippen LogP contribution >= 0.6 is 0 Å². The first-order valence-electron chi connectivity index (χ1n) is 12.9. The summed E-state index contributed by atoms with van der Waals surface area (Å²) in [6, 6.07) is 6.64. The monoisotopic (exact) mass is 543 g/mol. The average Bonchev–Trinajstić information content (AvgIpc) is 2.93. The molecule has 2 aliphatic rings. The molecule has 3 aromatic heterocycles. The van der Waals surface area contributed by atoms with Crippen molar-refractivity contribution in [2.75, 3.05) is 73.3 Å². The third kappa shape index (κ3) is 6.31. The SMILES string of the molecule is CC(C)N1CCN(c2ccc(Nc3cc(-c4cnc(N)cc4C(F)(F)F)nc(N4CCOCC4)n3)cn2)CC1. The molecular weight excluding hydrogens is 511 g/mol. The topological polar surface area (TPSA) is 109 Å². The zero-order valence-electron chi connectivity index (χ0n) is 21.9. The molecule has 0 spiro atoms.